The molecule has 0 atom stereocenters. The molecular weight excluding hydrogens is 280 g/mol. The monoisotopic (exact) mass is 296 g/mol. The lowest BCUT2D eigenvalue weighted by Gasteiger charge is -2.21. The summed E-state index contributed by atoms with van der Waals surface area (Å²) in [6.45, 7) is 6.44. The van der Waals surface area contributed by atoms with Gasteiger partial charge < -0.3 is 9.72 Å². The van der Waals surface area contributed by atoms with Gasteiger partial charge in [0.05, 0.1) is 17.8 Å². The van der Waals surface area contributed by atoms with Gasteiger partial charge in [0.25, 0.3) is 0 Å². The summed E-state index contributed by atoms with van der Waals surface area (Å²) < 4.78 is 7.93. The highest BCUT2D eigenvalue weighted by molar-refractivity contribution is 7.71. The molecule has 3 nitrogen and oxygen atoms in total. The molecule has 0 aliphatic heterocycles. The molecule has 0 amide bonds. The summed E-state index contributed by atoms with van der Waals surface area (Å²) in [5, 5.41) is 0.589. The van der Waals surface area contributed by atoms with Gasteiger partial charge in [-0.2, -0.15) is 0 Å². The van der Waals surface area contributed by atoms with Crippen molar-refractivity contribution in [1.29, 1.82) is 0 Å². The summed E-state index contributed by atoms with van der Waals surface area (Å²) in [5.74, 6) is 0.641. The summed E-state index contributed by atoms with van der Waals surface area (Å²) in [5.41, 5.74) is 2.04. The summed E-state index contributed by atoms with van der Waals surface area (Å²) in [6.07, 6.45) is 1.95. The topological polar surface area (TPSA) is 29.9 Å². The van der Waals surface area contributed by atoms with Gasteiger partial charge in [0.15, 0.2) is 4.77 Å². The standard InChI is InChI=1S/C14H17ClN2OS/c1-14(2,3)12-8-16-13(19)17(12)9-5-6-10(15)11(7-9)18-4/h5-8H,1-4H3,(H,16,19). The van der Waals surface area contributed by atoms with Crippen LogP contribution in [0.5, 0.6) is 5.75 Å². The second kappa shape index (κ2) is 5.02. The summed E-state index contributed by atoms with van der Waals surface area (Å²) in [6, 6.07) is 5.64. The van der Waals surface area contributed by atoms with E-state index in [1.165, 1.54) is 0 Å². The molecule has 2 aromatic rings. The van der Waals surface area contributed by atoms with Gasteiger partial charge in [0.1, 0.15) is 5.75 Å². The molecule has 1 aromatic heterocycles. The number of halogens is 1. The van der Waals surface area contributed by atoms with Crippen LogP contribution in [-0.2, 0) is 5.41 Å². The molecule has 1 aromatic carbocycles. The maximum Gasteiger partial charge on any atom is 0.182 e. The van der Waals surface area contributed by atoms with E-state index in [1.54, 1.807) is 7.11 Å². The van der Waals surface area contributed by atoms with Crippen LogP contribution in [0.1, 0.15) is 26.5 Å². The molecule has 2 rings (SSSR count). The van der Waals surface area contributed by atoms with E-state index in [2.05, 4.69) is 25.8 Å². The molecule has 0 radical (unpaired) electrons. The number of H-pyrrole nitrogens is 1. The number of rotatable bonds is 2. The molecule has 5 heteroatoms. The first-order valence-electron chi connectivity index (χ1n) is 5.99. The van der Waals surface area contributed by atoms with Crippen molar-refractivity contribution in [3.63, 3.8) is 0 Å². The average Bonchev–Trinajstić information content (AvgIpc) is 2.72. The lowest BCUT2D eigenvalue weighted by Crippen LogP contribution is -2.16. The summed E-state index contributed by atoms with van der Waals surface area (Å²) in [4.78, 5) is 3.10. The normalized spacial score (nSPS) is 11.6. The van der Waals surface area contributed by atoms with Crippen molar-refractivity contribution >= 4 is 23.8 Å². The number of hydrogen-bond donors (Lipinski definition) is 1. The number of aromatic amines is 1. The van der Waals surface area contributed by atoms with Crippen LogP contribution < -0.4 is 4.74 Å². The Morgan fingerprint density at radius 2 is 2.00 bits per heavy atom. The van der Waals surface area contributed by atoms with Gasteiger partial charge >= 0.3 is 0 Å². The Morgan fingerprint density at radius 3 is 2.58 bits per heavy atom. The Morgan fingerprint density at radius 1 is 1.32 bits per heavy atom. The zero-order valence-electron chi connectivity index (χ0n) is 11.5. The fourth-order valence-corrected chi connectivity index (χ4v) is 2.42. The maximum absolute atomic E-state index is 6.06. The van der Waals surface area contributed by atoms with Crippen molar-refractivity contribution in [3.8, 4) is 11.4 Å². The van der Waals surface area contributed by atoms with Gasteiger partial charge in [-0.15, -0.1) is 0 Å². The maximum atomic E-state index is 6.06. The van der Waals surface area contributed by atoms with Crippen LogP contribution in [0, 0.1) is 4.77 Å². The predicted molar refractivity (Wildman–Crippen MR) is 81.2 cm³/mol. The van der Waals surface area contributed by atoms with E-state index in [9.17, 15) is 0 Å². The molecule has 0 bridgehead atoms. The third-order valence-electron chi connectivity index (χ3n) is 2.94. The fourth-order valence-electron chi connectivity index (χ4n) is 1.96. The second-order valence-electron chi connectivity index (χ2n) is 5.38. The van der Waals surface area contributed by atoms with Gasteiger partial charge in [0.2, 0.25) is 0 Å². The fraction of sp³-hybridized carbons (Fsp3) is 0.357. The quantitative estimate of drug-likeness (QED) is 0.827. The molecule has 0 aliphatic rings. The number of imidazole rings is 1. The lowest BCUT2D eigenvalue weighted by atomic mass is 9.92. The third kappa shape index (κ3) is 2.69. The molecule has 0 fully saturated rings. The van der Waals surface area contributed by atoms with E-state index in [0.717, 1.165) is 11.4 Å². The second-order valence-corrected chi connectivity index (χ2v) is 6.18. The minimum atomic E-state index is -0.0135. The van der Waals surface area contributed by atoms with Crippen molar-refractivity contribution < 1.29 is 4.74 Å². The van der Waals surface area contributed by atoms with Crippen LogP contribution in [0.15, 0.2) is 24.4 Å². The summed E-state index contributed by atoms with van der Waals surface area (Å²) in [7, 11) is 1.60. The third-order valence-corrected chi connectivity index (χ3v) is 3.55. The minimum absolute atomic E-state index is 0.0135. The molecule has 1 heterocycles. The van der Waals surface area contributed by atoms with E-state index < -0.39 is 0 Å². The number of aromatic nitrogens is 2. The Bertz CT molecular complexity index is 652. The Hall–Kier alpha value is -1.26. The molecule has 1 N–H and O–H groups in total. The number of methoxy groups -OCH3 is 1. The van der Waals surface area contributed by atoms with Crippen molar-refractivity contribution in [2.45, 2.75) is 26.2 Å². The number of nitrogens with zero attached hydrogens (tertiary/aromatic N) is 1. The van der Waals surface area contributed by atoms with Crippen LogP contribution in [0.2, 0.25) is 5.02 Å². The first kappa shape index (κ1) is 14.2. The first-order chi connectivity index (χ1) is 8.84. The average molecular weight is 297 g/mol. The molecule has 102 valence electrons. The zero-order valence-corrected chi connectivity index (χ0v) is 13.0. The highest BCUT2D eigenvalue weighted by atomic mass is 35.5. The Labute approximate surface area is 123 Å². The van der Waals surface area contributed by atoms with Crippen molar-refractivity contribution in [1.82, 2.24) is 9.55 Å². The van der Waals surface area contributed by atoms with E-state index in [4.69, 9.17) is 28.6 Å². The molecule has 0 aliphatic carbocycles. The number of hydrogen-bond acceptors (Lipinski definition) is 2. The zero-order chi connectivity index (χ0) is 14.2. The SMILES string of the molecule is COc1cc(-n2c(C(C)(C)C)c[nH]c2=S)ccc1Cl. The minimum Gasteiger partial charge on any atom is -0.495 e. The number of benzene rings is 1. The highest BCUT2D eigenvalue weighted by Crippen LogP contribution is 2.30. The number of nitrogens with one attached hydrogen (secondary N) is 1. The molecule has 0 unspecified atom stereocenters. The first-order valence-corrected chi connectivity index (χ1v) is 6.78. The van der Waals surface area contributed by atoms with E-state index >= 15 is 0 Å². The highest BCUT2D eigenvalue weighted by Gasteiger charge is 2.20. The largest absolute Gasteiger partial charge is 0.495 e. The Balaban J connectivity index is 2.66. The van der Waals surface area contributed by atoms with Crippen LogP contribution in [-0.4, -0.2) is 16.7 Å². The molecule has 19 heavy (non-hydrogen) atoms. The van der Waals surface area contributed by atoms with Crippen LogP contribution in [0.4, 0.5) is 0 Å². The lowest BCUT2D eigenvalue weighted by molar-refractivity contribution is 0.414. The van der Waals surface area contributed by atoms with Gasteiger partial charge in [0, 0.05) is 23.4 Å². The van der Waals surface area contributed by atoms with Crippen molar-refractivity contribution in [3.05, 3.63) is 39.9 Å². The van der Waals surface area contributed by atoms with E-state index in [0.29, 0.717) is 15.5 Å². The van der Waals surface area contributed by atoms with Gasteiger partial charge in [-0.05, 0) is 24.4 Å². The summed E-state index contributed by atoms with van der Waals surface area (Å²) >= 11 is 11.4. The van der Waals surface area contributed by atoms with Crippen LogP contribution >= 0.6 is 23.8 Å². The van der Waals surface area contributed by atoms with E-state index in [1.807, 2.05) is 29.0 Å². The smallest absolute Gasteiger partial charge is 0.182 e. The number of ether oxygens (including phenoxy) is 1. The van der Waals surface area contributed by atoms with Crippen LogP contribution in [0.25, 0.3) is 5.69 Å². The van der Waals surface area contributed by atoms with Crippen molar-refractivity contribution in [2.75, 3.05) is 7.11 Å². The van der Waals surface area contributed by atoms with Gasteiger partial charge in [-0.3, -0.25) is 4.57 Å². The Kier molecular flexibility index (Phi) is 3.74. The predicted octanol–water partition coefficient (Wildman–Crippen LogP) is 4.49. The molecular formula is C14H17ClN2OS. The molecule has 0 saturated heterocycles. The molecule has 0 spiro atoms. The van der Waals surface area contributed by atoms with Crippen LogP contribution in [0.3, 0.4) is 0 Å². The van der Waals surface area contributed by atoms with E-state index in [-0.39, 0.29) is 5.41 Å². The van der Waals surface area contributed by atoms with Gasteiger partial charge in [-0.1, -0.05) is 32.4 Å². The van der Waals surface area contributed by atoms with Gasteiger partial charge in [-0.25, -0.2) is 0 Å². The van der Waals surface area contributed by atoms with Crippen molar-refractivity contribution in [2.24, 2.45) is 0 Å². The molecule has 0 saturated carbocycles.